The Bertz CT molecular complexity index is 643. The van der Waals surface area contributed by atoms with Crippen molar-refractivity contribution in [1.82, 2.24) is 14.9 Å². The Morgan fingerprint density at radius 3 is 2.58 bits per heavy atom. The third-order valence-electron chi connectivity index (χ3n) is 2.51. The first-order chi connectivity index (χ1) is 9.00. The summed E-state index contributed by atoms with van der Waals surface area (Å²) in [6.07, 6.45) is 1.33. The Hall–Kier alpha value is -2.77. The molecule has 0 unspecified atom stereocenters. The molecule has 0 aliphatic rings. The monoisotopic (exact) mass is 261 g/mol. The summed E-state index contributed by atoms with van der Waals surface area (Å²) in [5.41, 5.74) is -0.108. The van der Waals surface area contributed by atoms with E-state index in [0.717, 1.165) is 0 Å². The minimum absolute atomic E-state index is 0.252. The molecule has 98 valence electrons. The minimum Gasteiger partial charge on any atom is -0.502 e. The van der Waals surface area contributed by atoms with E-state index in [9.17, 15) is 15.2 Å². The topological polar surface area (TPSA) is 106 Å². The fraction of sp³-hybridized carbons (Fsp3) is 0.182. The lowest BCUT2D eigenvalue weighted by Crippen LogP contribution is -1.97. The second kappa shape index (κ2) is 4.84. The van der Waals surface area contributed by atoms with E-state index in [1.54, 1.807) is 13.8 Å². The fourth-order valence-corrected chi connectivity index (χ4v) is 1.55. The van der Waals surface area contributed by atoms with Gasteiger partial charge in [0.05, 0.1) is 11.1 Å². The van der Waals surface area contributed by atoms with E-state index in [4.69, 9.17) is 0 Å². The summed E-state index contributed by atoms with van der Waals surface area (Å²) >= 11 is 0. The van der Waals surface area contributed by atoms with Gasteiger partial charge in [-0.15, -0.1) is 10.2 Å². The fourth-order valence-electron chi connectivity index (χ4n) is 1.55. The summed E-state index contributed by atoms with van der Waals surface area (Å²) in [7, 11) is 0. The standard InChI is InChI=1S/C11H11N5O3/c1-7-13-14-8(2)15(7)12-6-9-4-3-5-10(11(9)17)16(18)19/h3-6,17H,1-2H3. The van der Waals surface area contributed by atoms with Crippen molar-refractivity contribution in [3.05, 3.63) is 45.5 Å². The van der Waals surface area contributed by atoms with Crippen molar-refractivity contribution in [2.45, 2.75) is 13.8 Å². The van der Waals surface area contributed by atoms with Gasteiger partial charge in [0.25, 0.3) is 0 Å². The molecule has 8 heteroatoms. The van der Waals surface area contributed by atoms with Crippen LogP contribution in [-0.2, 0) is 0 Å². The third-order valence-corrected chi connectivity index (χ3v) is 2.51. The van der Waals surface area contributed by atoms with E-state index < -0.39 is 10.7 Å². The van der Waals surface area contributed by atoms with E-state index in [1.807, 2.05) is 0 Å². The molecule has 0 saturated heterocycles. The molecule has 0 saturated carbocycles. The maximum atomic E-state index is 10.7. The zero-order valence-electron chi connectivity index (χ0n) is 10.3. The summed E-state index contributed by atoms with van der Waals surface area (Å²) in [4.78, 5) is 10.0. The molecule has 2 rings (SSSR count). The highest BCUT2D eigenvalue weighted by molar-refractivity contribution is 5.85. The van der Waals surface area contributed by atoms with Crippen LogP contribution >= 0.6 is 0 Å². The van der Waals surface area contributed by atoms with Crippen molar-refractivity contribution in [3.8, 4) is 5.75 Å². The van der Waals surface area contributed by atoms with Crippen molar-refractivity contribution in [2.24, 2.45) is 5.10 Å². The number of aromatic nitrogens is 3. The van der Waals surface area contributed by atoms with Crippen LogP contribution in [0.2, 0.25) is 0 Å². The average Bonchev–Trinajstić information content (AvgIpc) is 2.68. The van der Waals surface area contributed by atoms with Crippen molar-refractivity contribution < 1.29 is 10.0 Å². The smallest absolute Gasteiger partial charge is 0.311 e. The quantitative estimate of drug-likeness (QED) is 0.510. The van der Waals surface area contributed by atoms with Crippen LogP contribution in [0.15, 0.2) is 23.3 Å². The SMILES string of the molecule is Cc1nnc(C)n1N=Cc1cccc([N+](=O)[O-])c1O. The number of hydrogen-bond donors (Lipinski definition) is 1. The number of rotatable bonds is 3. The van der Waals surface area contributed by atoms with Crippen LogP contribution in [0.4, 0.5) is 5.69 Å². The maximum absolute atomic E-state index is 10.7. The third kappa shape index (κ3) is 2.41. The van der Waals surface area contributed by atoms with Crippen LogP contribution < -0.4 is 0 Å². The molecular formula is C11H11N5O3. The molecule has 0 fully saturated rings. The molecule has 0 aliphatic carbocycles. The molecule has 1 aromatic heterocycles. The molecule has 0 atom stereocenters. The number of aryl methyl sites for hydroxylation is 2. The van der Waals surface area contributed by atoms with Gasteiger partial charge in [0, 0.05) is 11.6 Å². The molecule has 2 aromatic rings. The molecule has 19 heavy (non-hydrogen) atoms. The lowest BCUT2D eigenvalue weighted by molar-refractivity contribution is -0.385. The Kier molecular flexibility index (Phi) is 3.23. The molecule has 1 N–H and O–H groups in total. The number of nitrogens with zero attached hydrogens (tertiary/aromatic N) is 5. The molecule has 0 aliphatic heterocycles. The zero-order valence-corrected chi connectivity index (χ0v) is 10.3. The number of nitro benzene ring substituents is 1. The van der Waals surface area contributed by atoms with Gasteiger partial charge < -0.3 is 5.11 Å². The van der Waals surface area contributed by atoms with Crippen LogP contribution in [0.3, 0.4) is 0 Å². The number of para-hydroxylation sites is 1. The van der Waals surface area contributed by atoms with Crippen LogP contribution in [0.5, 0.6) is 5.75 Å². The second-order valence-electron chi connectivity index (χ2n) is 3.82. The normalized spacial score (nSPS) is 11.1. The zero-order chi connectivity index (χ0) is 14.0. The van der Waals surface area contributed by atoms with Crippen molar-refractivity contribution in [2.75, 3.05) is 0 Å². The summed E-state index contributed by atoms with van der Waals surface area (Å²) in [6.45, 7) is 3.45. The van der Waals surface area contributed by atoms with Gasteiger partial charge in [0.15, 0.2) is 11.6 Å². The van der Waals surface area contributed by atoms with Gasteiger partial charge in [-0.1, -0.05) is 6.07 Å². The summed E-state index contributed by atoms with van der Waals surface area (Å²) in [5.74, 6) is 0.747. The molecule has 1 aromatic carbocycles. The molecule has 0 spiro atoms. The minimum atomic E-state index is -0.651. The Labute approximate surface area is 108 Å². The van der Waals surface area contributed by atoms with Gasteiger partial charge in [-0.05, 0) is 19.9 Å². The van der Waals surface area contributed by atoms with E-state index in [1.165, 1.54) is 29.1 Å². The first kappa shape index (κ1) is 12.7. The van der Waals surface area contributed by atoms with Crippen molar-refractivity contribution in [3.63, 3.8) is 0 Å². The molecule has 0 bridgehead atoms. The first-order valence-electron chi connectivity index (χ1n) is 5.40. The maximum Gasteiger partial charge on any atom is 0.311 e. The highest BCUT2D eigenvalue weighted by Gasteiger charge is 2.15. The van der Waals surface area contributed by atoms with Gasteiger partial charge in [-0.25, -0.2) is 4.68 Å². The van der Waals surface area contributed by atoms with Crippen molar-refractivity contribution >= 4 is 11.9 Å². The average molecular weight is 261 g/mol. The number of benzene rings is 1. The molecular weight excluding hydrogens is 250 g/mol. The second-order valence-corrected chi connectivity index (χ2v) is 3.82. The van der Waals surface area contributed by atoms with E-state index in [-0.39, 0.29) is 11.3 Å². The summed E-state index contributed by atoms with van der Waals surface area (Å²) in [6, 6.07) is 4.23. The lowest BCUT2D eigenvalue weighted by Gasteiger charge is -2.00. The van der Waals surface area contributed by atoms with Crippen molar-refractivity contribution in [1.29, 1.82) is 0 Å². The highest BCUT2D eigenvalue weighted by atomic mass is 16.6. The lowest BCUT2D eigenvalue weighted by atomic mass is 10.2. The van der Waals surface area contributed by atoms with Crippen LogP contribution in [-0.4, -0.2) is 31.1 Å². The number of aromatic hydroxyl groups is 1. The van der Waals surface area contributed by atoms with Gasteiger partial charge in [-0.3, -0.25) is 10.1 Å². The molecule has 0 radical (unpaired) electrons. The number of hydrogen-bond acceptors (Lipinski definition) is 6. The van der Waals surface area contributed by atoms with Crippen LogP contribution in [0.1, 0.15) is 17.2 Å². The Balaban J connectivity index is 2.39. The molecule has 8 nitrogen and oxygen atoms in total. The van der Waals surface area contributed by atoms with Crippen LogP contribution in [0, 0.1) is 24.0 Å². The molecule has 1 heterocycles. The summed E-state index contributed by atoms with van der Waals surface area (Å²) in [5, 5.41) is 32.2. The molecule has 0 amide bonds. The van der Waals surface area contributed by atoms with E-state index >= 15 is 0 Å². The van der Waals surface area contributed by atoms with E-state index in [0.29, 0.717) is 11.6 Å². The number of phenols is 1. The van der Waals surface area contributed by atoms with Gasteiger partial charge in [0.2, 0.25) is 5.75 Å². The van der Waals surface area contributed by atoms with E-state index in [2.05, 4.69) is 15.3 Å². The first-order valence-corrected chi connectivity index (χ1v) is 5.40. The predicted molar refractivity (Wildman–Crippen MR) is 67.2 cm³/mol. The predicted octanol–water partition coefficient (Wildman–Crippen LogP) is 1.39. The number of phenolic OH excluding ortho intramolecular Hbond substituents is 1. The van der Waals surface area contributed by atoms with Gasteiger partial charge in [-0.2, -0.15) is 5.10 Å². The number of nitro groups is 1. The largest absolute Gasteiger partial charge is 0.502 e. The summed E-state index contributed by atoms with van der Waals surface area (Å²) < 4.78 is 1.47. The Morgan fingerprint density at radius 2 is 2.00 bits per heavy atom. The van der Waals surface area contributed by atoms with Crippen LogP contribution in [0.25, 0.3) is 0 Å². The van der Waals surface area contributed by atoms with Gasteiger partial charge in [0.1, 0.15) is 0 Å². The highest BCUT2D eigenvalue weighted by Crippen LogP contribution is 2.27. The Morgan fingerprint density at radius 1 is 1.37 bits per heavy atom. The van der Waals surface area contributed by atoms with Gasteiger partial charge >= 0.3 is 5.69 Å².